The van der Waals surface area contributed by atoms with Crippen LogP contribution in [0, 0.1) is 0 Å². The largest absolute Gasteiger partial charge is 0.545 e. The maximum atomic E-state index is 12.9. The van der Waals surface area contributed by atoms with Crippen molar-refractivity contribution in [1.29, 1.82) is 0 Å². The van der Waals surface area contributed by atoms with Gasteiger partial charge in [0.2, 0.25) is 0 Å². The van der Waals surface area contributed by atoms with Gasteiger partial charge in [-0.25, -0.2) is 0 Å². The molecule has 0 saturated carbocycles. The van der Waals surface area contributed by atoms with Gasteiger partial charge < -0.3 is 33.3 Å². The molecule has 89 heavy (non-hydrogen) atoms. The number of unbranched alkanes of at least 4 members (excludes halogenated alkanes) is 20. The van der Waals surface area contributed by atoms with Gasteiger partial charge in [-0.2, -0.15) is 0 Å². The first kappa shape index (κ1) is 83.7. The molecule has 0 aliphatic heterocycles. The number of rotatable bonds is 63. The summed E-state index contributed by atoms with van der Waals surface area (Å²) in [5.41, 5.74) is 0. The Labute approximate surface area is 546 Å². The van der Waals surface area contributed by atoms with Crippen LogP contribution in [-0.4, -0.2) is 82.3 Å². The van der Waals surface area contributed by atoms with Gasteiger partial charge in [-0.1, -0.05) is 287 Å². The minimum atomic E-state index is -1.64. The highest BCUT2D eigenvalue weighted by molar-refractivity contribution is 5.70. The molecular formula is C80H129NO8. The Morgan fingerprint density at radius 1 is 0.337 bits per heavy atom. The van der Waals surface area contributed by atoms with Crippen molar-refractivity contribution in [2.45, 2.75) is 270 Å². The number of likely N-dealkylation sites (N-methyl/N-ethyl adjacent to an activating group) is 1. The SMILES string of the molecule is CC/C=C\C/C=C\C/C=C\C/C=C\C/C=C\C/C=C\C/C=C\C/C=C\CCCCCCC(=O)OC(COC(=O)CCCCCCCCCCCCCCCCCC/C=C\C/C=C\C/C=C\C/C=C\C/C=C\C/C=C\CC)COC(OCC[N+](C)(C)C)C(=O)[O-]. The minimum Gasteiger partial charge on any atom is -0.545 e. The van der Waals surface area contributed by atoms with Crippen LogP contribution in [0.5, 0.6) is 0 Å². The summed E-state index contributed by atoms with van der Waals surface area (Å²) in [5, 5.41) is 11.8. The lowest BCUT2D eigenvalue weighted by atomic mass is 10.0. The summed E-state index contributed by atoms with van der Waals surface area (Å²) in [6.45, 7) is 4.48. The lowest BCUT2D eigenvalue weighted by Crippen LogP contribution is -2.44. The first-order valence-corrected chi connectivity index (χ1v) is 35.3. The predicted molar refractivity (Wildman–Crippen MR) is 379 cm³/mol. The van der Waals surface area contributed by atoms with Crippen LogP contribution < -0.4 is 5.11 Å². The average Bonchev–Trinajstić information content (AvgIpc) is 3.71. The van der Waals surface area contributed by atoms with Crippen LogP contribution >= 0.6 is 0 Å². The topological polar surface area (TPSA) is 111 Å². The van der Waals surface area contributed by atoms with E-state index >= 15 is 0 Å². The van der Waals surface area contributed by atoms with Crippen molar-refractivity contribution in [3.63, 3.8) is 0 Å². The first-order chi connectivity index (χ1) is 43.6. The average molecular weight is 1230 g/mol. The number of carboxylic acid groups (broad SMARTS) is 1. The molecule has 502 valence electrons. The fourth-order valence-electron chi connectivity index (χ4n) is 9.14. The molecule has 0 bridgehead atoms. The molecule has 0 aliphatic carbocycles. The zero-order valence-electron chi connectivity index (χ0n) is 57.2. The molecule has 2 unspecified atom stereocenters. The second-order valence-electron chi connectivity index (χ2n) is 24.1. The van der Waals surface area contributed by atoms with Crippen molar-refractivity contribution in [2.75, 3.05) is 47.5 Å². The van der Waals surface area contributed by atoms with Crippen LogP contribution in [0.15, 0.2) is 170 Å². The van der Waals surface area contributed by atoms with E-state index in [1.54, 1.807) is 0 Å². The van der Waals surface area contributed by atoms with Crippen LogP contribution in [0.4, 0.5) is 0 Å². The van der Waals surface area contributed by atoms with Gasteiger partial charge in [0.05, 0.1) is 40.3 Å². The van der Waals surface area contributed by atoms with Crippen LogP contribution in [-0.2, 0) is 33.3 Å². The van der Waals surface area contributed by atoms with Gasteiger partial charge in [-0.15, -0.1) is 0 Å². The molecule has 0 rings (SSSR count). The highest BCUT2D eigenvalue weighted by Gasteiger charge is 2.22. The number of esters is 2. The zero-order valence-corrected chi connectivity index (χ0v) is 57.2. The summed E-state index contributed by atoms with van der Waals surface area (Å²) in [5.74, 6) is -2.33. The fourth-order valence-corrected chi connectivity index (χ4v) is 9.14. The molecule has 0 aromatic carbocycles. The third-order valence-corrected chi connectivity index (χ3v) is 14.5. The van der Waals surface area contributed by atoms with Crippen molar-refractivity contribution < 1.29 is 42.9 Å². The Kier molecular flexibility index (Phi) is 64.4. The van der Waals surface area contributed by atoms with Crippen molar-refractivity contribution in [3.05, 3.63) is 170 Å². The number of carboxylic acids is 1. The maximum absolute atomic E-state index is 12.9. The maximum Gasteiger partial charge on any atom is 0.306 e. The Hall–Kier alpha value is -5.35. The fraction of sp³-hybridized carbons (Fsp3) is 0.613. The van der Waals surface area contributed by atoms with Crippen LogP contribution in [0.25, 0.3) is 0 Å². The van der Waals surface area contributed by atoms with Crippen molar-refractivity contribution >= 4 is 17.9 Å². The lowest BCUT2D eigenvalue weighted by molar-refractivity contribution is -0.870. The molecule has 9 nitrogen and oxygen atoms in total. The van der Waals surface area contributed by atoms with Gasteiger partial charge in [0.25, 0.3) is 0 Å². The van der Waals surface area contributed by atoms with E-state index < -0.39 is 24.3 Å². The molecule has 0 N–H and O–H groups in total. The highest BCUT2D eigenvalue weighted by atomic mass is 16.7. The number of ether oxygens (including phenoxy) is 4. The van der Waals surface area contributed by atoms with E-state index in [9.17, 15) is 19.5 Å². The first-order valence-electron chi connectivity index (χ1n) is 35.3. The molecule has 0 aliphatic rings. The van der Waals surface area contributed by atoms with Crippen LogP contribution in [0.1, 0.15) is 258 Å². The van der Waals surface area contributed by atoms with Crippen molar-refractivity contribution in [1.82, 2.24) is 0 Å². The third kappa shape index (κ3) is 70.0. The van der Waals surface area contributed by atoms with E-state index in [2.05, 4.69) is 184 Å². The Morgan fingerprint density at radius 3 is 0.899 bits per heavy atom. The number of aliphatic carboxylic acids is 1. The van der Waals surface area contributed by atoms with Crippen LogP contribution in [0.2, 0.25) is 0 Å². The van der Waals surface area contributed by atoms with Gasteiger partial charge in [-0.05, 0) is 128 Å². The van der Waals surface area contributed by atoms with E-state index in [1.807, 2.05) is 21.1 Å². The van der Waals surface area contributed by atoms with Gasteiger partial charge in [-0.3, -0.25) is 9.59 Å². The number of hydrogen-bond donors (Lipinski definition) is 0. The summed E-state index contributed by atoms with van der Waals surface area (Å²) in [6.07, 6.45) is 100. The van der Waals surface area contributed by atoms with E-state index in [1.165, 1.54) is 89.9 Å². The second-order valence-corrected chi connectivity index (χ2v) is 24.1. The summed E-state index contributed by atoms with van der Waals surface area (Å²) in [4.78, 5) is 37.5. The zero-order chi connectivity index (χ0) is 64.7. The molecule has 0 spiro atoms. The molecule has 0 amide bonds. The van der Waals surface area contributed by atoms with Gasteiger partial charge in [0.15, 0.2) is 12.4 Å². The number of nitrogens with zero attached hydrogens (tertiary/aromatic N) is 1. The minimum absolute atomic E-state index is 0.134. The molecule has 0 heterocycles. The molecule has 0 aromatic rings. The van der Waals surface area contributed by atoms with Gasteiger partial charge in [0, 0.05) is 12.8 Å². The molecule has 0 saturated heterocycles. The molecular weight excluding hydrogens is 1100 g/mol. The summed E-state index contributed by atoms with van der Waals surface area (Å²) >= 11 is 0. The van der Waals surface area contributed by atoms with Gasteiger partial charge in [0.1, 0.15) is 13.2 Å². The second kappa shape index (κ2) is 68.6. The monoisotopic (exact) mass is 1230 g/mol. The standard InChI is InChI=1S/C80H129NO8/c1-6-8-10-12-14-16-18-20-22-24-26-28-30-32-34-36-37-38-39-40-41-43-44-46-48-50-52-54-56-58-60-62-64-66-68-70-77(82)87-74-76(75-88-80(79(84)85)86-73-72-81(3,4)5)89-78(83)71-69-67-65-63-61-59-57-55-53-51-49-47-45-42-35-33-31-29-27-25-23-21-19-17-15-13-11-9-7-2/h8-11,14-17,20-23,26-29,32-35,37-38,45,47,51,53,57,59,76,80H,6-7,12-13,18-19,24-25,30-31,36,39-44,46,48-50,52,54-56,58,60-75H2,1-5H3/b10-8-,11-9-,16-14-,17-15-,22-20-,23-21-,28-26-,29-27-,34-32-,35-33-,38-37-,47-45-,53-51-,59-57-. The summed E-state index contributed by atoms with van der Waals surface area (Å²) in [6, 6.07) is 0. The number of quaternary nitrogens is 1. The molecule has 0 radical (unpaired) electrons. The quantitative estimate of drug-likeness (QED) is 0.0195. The molecule has 2 atom stereocenters. The Bertz CT molecular complexity index is 2070. The molecule has 0 fully saturated rings. The number of carbonyl (C=O) groups excluding carboxylic acids is 3. The number of allylic oxidation sites excluding steroid dienone is 28. The summed E-state index contributed by atoms with van der Waals surface area (Å²) in [7, 11) is 5.91. The molecule has 0 aromatic heterocycles. The number of carbonyl (C=O) groups is 3. The van der Waals surface area contributed by atoms with E-state index in [0.717, 1.165) is 135 Å². The van der Waals surface area contributed by atoms with Gasteiger partial charge >= 0.3 is 11.9 Å². The smallest absolute Gasteiger partial charge is 0.306 e. The van der Waals surface area contributed by atoms with E-state index in [4.69, 9.17) is 18.9 Å². The normalized spacial score (nSPS) is 13.8. The highest BCUT2D eigenvalue weighted by Crippen LogP contribution is 2.16. The van der Waals surface area contributed by atoms with E-state index in [-0.39, 0.29) is 38.6 Å². The number of hydrogen-bond acceptors (Lipinski definition) is 8. The molecule has 9 heteroatoms. The lowest BCUT2D eigenvalue weighted by Gasteiger charge is -2.26. The third-order valence-electron chi connectivity index (χ3n) is 14.5. The summed E-state index contributed by atoms with van der Waals surface area (Å²) < 4.78 is 22.8. The predicted octanol–water partition coefficient (Wildman–Crippen LogP) is 20.9. The van der Waals surface area contributed by atoms with E-state index in [0.29, 0.717) is 17.4 Å². The Balaban J connectivity index is 4.19. The van der Waals surface area contributed by atoms with Crippen molar-refractivity contribution in [3.8, 4) is 0 Å². The van der Waals surface area contributed by atoms with Crippen molar-refractivity contribution in [2.24, 2.45) is 0 Å². The Morgan fingerprint density at radius 2 is 0.607 bits per heavy atom. The van der Waals surface area contributed by atoms with Crippen LogP contribution in [0.3, 0.4) is 0 Å².